The van der Waals surface area contributed by atoms with Crippen LogP contribution < -0.4 is 0 Å². The van der Waals surface area contributed by atoms with E-state index in [1.807, 2.05) is 12.1 Å². The molecule has 2 aromatic carbocycles. The summed E-state index contributed by atoms with van der Waals surface area (Å²) in [4.78, 5) is 2.53. The van der Waals surface area contributed by atoms with E-state index in [9.17, 15) is 0 Å². The number of rotatable bonds is 4. The fourth-order valence-corrected chi connectivity index (χ4v) is 2.85. The van der Waals surface area contributed by atoms with E-state index in [0.717, 1.165) is 31.1 Å². The normalized spacial score (nSPS) is 14.6. The Morgan fingerprint density at radius 2 is 1.53 bits per heavy atom. The molecule has 0 aromatic heterocycles. The number of aryl methyl sites for hydroxylation is 1. The van der Waals surface area contributed by atoms with Gasteiger partial charge < -0.3 is 0 Å². The SMILES string of the molecule is Clc1ccc(CCCN2Cc3ccccc3C2)cc1. The Morgan fingerprint density at radius 3 is 2.16 bits per heavy atom. The molecular weight excluding hydrogens is 254 g/mol. The van der Waals surface area contributed by atoms with Gasteiger partial charge in [0.2, 0.25) is 0 Å². The smallest absolute Gasteiger partial charge is 0.0406 e. The van der Waals surface area contributed by atoms with Crippen LogP contribution >= 0.6 is 11.6 Å². The van der Waals surface area contributed by atoms with E-state index in [1.165, 1.54) is 23.1 Å². The maximum absolute atomic E-state index is 5.89. The predicted octanol–water partition coefficient (Wildman–Crippen LogP) is 4.29. The Bertz CT molecular complexity index is 522. The van der Waals surface area contributed by atoms with Crippen LogP contribution in [-0.4, -0.2) is 11.4 Å². The average Bonchev–Trinajstić information content (AvgIpc) is 2.83. The zero-order chi connectivity index (χ0) is 13.1. The van der Waals surface area contributed by atoms with E-state index < -0.39 is 0 Å². The van der Waals surface area contributed by atoms with Crippen molar-refractivity contribution < 1.29 is 0 Å². The second-order valence-corrected chi connectivity index (χ2v) is 5.65. The van der Waals surface area contributed by atoms with Gasteiger partial charge in [-0.3, -0.25) is 4.90 Å². The first-order valence-corrected chi connectivity index (χ1v) is 7.23. The van der Waals surface area contributed by atoms with E-state index in [4.69, 9.17) is 11.6 Å². The highest BCUT2D eigenvalue weighted by Crippen LogP contribution is 2.22. The summed E-state index contributed by atoms with van der Waals surface area (Å²) in [7, 11) is 0. The lowest BCUT2D eigenvalue weighted by Gasteiger charge is -2.14. The van der Waals surface area contributed by atoms with Crippen molar-refractivity contribution in [3.63, 3.8) is 0 Å². The van der Waals surface area contributed by atoms with Crippen molar-refractivity contribution in [3.05, 3.63) is 70.2 Å². The van der Waals surface area contributed by atoms with Gasteiger partial charge in [-0.2, -0.15) is 0 Å². The largest absolute Gasteiger partial charge is 0.295 e. The van der Waals surface area contributed by atoms with E-state index >= 15 is 0 Å². The summed E-state index contributed by atoms with van der Waals surface area (Å²) < 4.78 is 0. The third kappa shape index (κ3) is 3.17. The van der Waals surface area contributed by atoms with Gasteiger partial charge in [0.15, 0.2) is 0 Å². The summed E-state index contributed by atoms with van der Waals surface area (Å²) in [6.45, 7) is 3.38. The summed E-state index contributed by atoms with van der Waals surface area (Å²) in [6, 6.07) is 17.0. The number of fused-ring (bicyclic) bond motifs is 1. The van der Waals surface area contributed by atoms with Crippen LogP contribution in [0.15, 0.2) is 48.5 Å². The molecule has 0 atom stereocenters. The third-order valence-electron chi connectivity index (χ3n) is 3.76. The number of hydrogen-bond acceptors (Lipinski definition) is 1. The lowest BCUT2D eigenvalue weighted by molar-refractivity contribution is 0.280. The van der Waals surface area contributed by atoms with Gasteiger partial charge in [-0.25, -0.2) is 0 Å². The zero-order valence-corrected chi connectivity index (χ0v) is 11.7. The molecule has 0 radical (unpaired) electrons. The van der Waals surface area contributed by atoms with Crippen LogP contribution in [0, 0.1) is 0 Å². The standard InChI is InChI=1S/C17H18ClN/c18-17-9-7-14(8-10-17)4-3-11-19-12-15-5-1-2-6-16(15)13-19/h1-2,5-10H,3-4,11-13H2. The van der Waals surface area contributed by atoms with Crippen molar-refractivity contribution in [2.75, 3.05) is 6.54 Å². The molecule has 1 nitrogen and oxygen atoms in total. The lowest BCUT2D eigenvalue weighted by Crippen LogP contribution is -2.18. The van der Waals surface area contributed by atoms with Crippen LogP contribution in [0.4, 0.5) is 0 Å². The highest BCUT2D eigenvalue weighted by atomic mass is 35.5. The average molecular weight is 272 g/mol. The number of halogens is 1. The van der Waals surface area contributed by atoms with Crippen molar-refractivity contribution in [1.82, 2.24) is 4.90 Å². The van der Waals surface area contributed by atoms with Gasteiger partial charge in [0.1, 0.15) is 0 Å². The molecule has 1 aliphatic rings. The molecule has 0 N–H and O–H groups in total. The second kappa shape index (κ2) is 5.77. The summed E-state index contributed by atoms with van der Waals surface area (Å²) in [5, 5.41) is 0.818. The molecular formula is C17H18ClN. The van der Waals surface area contributed by atoms with Crippen LogP contribution in [-0.2, 0) is 19.5 Å². The minimum atomic E-state index is 0.818. The van der Waals surface area contributed by atoms with Gasteiger partial charge >= 0.3 is 0 Å². The first-order chi connectivity index (χ1) is 9.31. The van der Waals surface area contributed by atoms with Gasteiger partial charge in [-0.1, -0.05) is 48.0 Å². The molecule has 1 aliphatic heterocycles. The Morgan fingerprint density at radius 1 is 0.895 bits per heavy atom. The lowest BCUT2D eigenvalue weighted by atomic mass is 10.1. The Balaban J connectivity index is 1.48. The molecule has 0 amide bonds. The maximum atomic E-state index is 5.89. The fourth-order valence-electron chi connectivity index (χ4n) is 2.72. The third-order valence-corrected chi connectivity index (χ3v) is 4.01. The van der Waals surface area contributed by atoms with Gasteiger partial charge in [0, 0.05) is 18.1 Å². The van der Waals surface area contributed by atoms with Crippen molar-refractivity contribution in [2.45, 2.75) is 25.9 Å². The molecule has 0 saturated heterocycles. The number of hydrogen-bond donors (Lipinski definition) is 0. The highest BCUT2D eigenvalue weighted by Gasteiger charge is 2.17. The molecule has 98 valence electrons. The van der Waals surface area contributed by atoms with E-state index in [1.54, 1.807) is 0 Å². The summed E-state index contributed by atoms with van der Waals surface area (Å²) in [5.41, 5.74) is 4.36. The van der Waals surface area contributed by atoms with Crippen LogP contribution in [0.3, 0.4) is 0 Å². The molecule has 3 rings (SSSR count). The van der Waals surface area contributed by atoms with Gasteiger partial charge in [-0.15, -0.1) is 0 Å². The summed E-state index contributed by atoms with van der Waals surface area (Å²) in [5.74, 6) is 0. The molecule has 0 fully saturated rings. The van der Waals surface area contributed by atoms with Gasteiger partial charge in [-0.05, 0) is 48.2 Å². The fraction of sp³-hybridized carbons (Fsp3) is 0.294. The van der Waals surface area contributed by atoms with E-state index in [2.05, 4.69) is 41.3 Å². The van der Waals surface area contributed by atoms with Crippen molar-refractivity contribution >= 4 is 11.6 Å². The predicted molar refractivity (Wildman–Crippen MR) is 80.3 cm³/mol. The number of nitrogens with zero attached hydrogens (tertiary/aromatic N) is 1. The first-order valence-electron chi connectivity index (χ1n) is 6.85. The minimum absolute atomic E-state index is 0.818. The van der Waals surface area contributed by atoms with Crippen molar-refractivity contribution in [1.29, 1.82) is 0 Å². The Kier molecular flexibility index (Phi) is 3.86. The molecule has 1 heterocycles. The zero-order valence-electron chi connectivity index (χ0n) is 11.0. The highest BCUT2D eigenvalue weighted by molar-refractivity contribution is 6.30. The molecule has 0 unspecified atom stereocenters. The van der Waals surface area contributed by atoms with Crippen LogP contribution in [0.1, 0.15) is 23.1 Å². The van der Waals surface area contributed by atoms with Crippen LogP contribution in [0.2, 0.25) is 5.02 Å². The Hall–Kier alpha value is -1.31. The molecule has 2 aromatic rings. The maximum Gasteiger partial charge on any atom is 0.0406 e. The summed E-state index contributed by atoms with van der Waals surface area (Å²) >= 11 is 5.89. The van der Waals surface area contributed by atoms with Gasteiger partial charge in [0.25, 0.3) is 0 Å². The van der Waals surface area contributed by atoms with E-state index in [0.29, 0.717) is 0 Å². The molecule has 0 aliphatic carbocycles. The van der Waals surface area contributed by atoms with Crippen molar-refractivity contribution in [2.24, 2.45) is 0 Å². The van der Waals surface area contributed by atoms with Gasteiger partial charge in [0.05, 0.1) is 0 Å². The quantitative estimate of drug-likeness (QED) is 0.802. The molecule has 0 saturated carbocycles. The molecule has 0 spiro atoms. The summed E-state index contributed by atoms with van der Waals surface area (Å²) in [6.07, 6.45) is 2.33. The molecule has 19 heavy (non-hydrogen) atoms. The minimum Gasteiger partial charge on any atom is -0.295 e. The first kappa shape index (κ1) is 12.7. The molecule has 2 heteroatoms. The van der Waals surface area contributed by atoms with Crippen molar-refractivity contribution in [3.8, 4) is 0 Å². The van der Waals surface area contributed by atoms with Crippen LogP contribution in [0.25, 0.3) is 0 Å². The second-order valence-electron chi connectivity index (χ2n) is 5.21. The monoisotopic (exact) mass is 271 g/mol. The topological polar surface area (TPSA) is 3.24 Å². The molecule has 0 bridgehead atoms. The van der Waals surface area contributed by atoms with E-state index in [-0.39, 0.29) is 0 Å². The van der Waals surface area contributed by atoms with Crippen LogP contribution in [0.5, 0.6) is 0 Å². The number of benzene rings is 2. The Labute approximate surface area is 119 Å².